The number of nitrogens with two attached hydrogens (primary N) is 2. The molecule has 1 atom stereocenters. The molecule has 0 heterocycles. The van der Waals surface area contributed by atoms with Crippen molar-refractivity contribution in [3.8, 4) is 0 Å². The van der Waals surface area contributed by atoms with Crippen LogP contribution in [0.4, 0.5) is 5.69 Å². The van der Waals surface area contributed by atoms with Crippen molar-refractivity contribution < 1.29 is 5.11 Å². The molecule has 0 spiro atoms. The Bertz CT molecular complexity index is 427. The van der Waals surface area contributed by atoms with Gasteiger partial charge >= 0.3 is 0 Å². The van der Waals surface area contributed by atoms with Gasteiger partial charge < -0.3 is 16.6 Å². The summed E-state index contributed by atoms with van der Waals surface area (Å²) in [5.74, 6) is 0.275. The third-order valence-corrected chi connectivity index (χ3v) is 3.70. The summed E-state index contributed by atoms with van der Waals surface area (Å²) < 4.78 is 0. The standard InChI is InChI=1S/C15H27BN2O/c1-4-10-5-6-11(7-8-15(2,3)19)14(18)13(10)12(16)9-17/h5-6,12,19H,4,7-9,16-18H2,1-3H3. The zero-order chi connectivity index (χ0) is 14.6. The molecule has 0 bridgehead atoms. The lowest BCUT2D eigenvalue weighted by Gasteiger charge is -2.22. The number of anilines is 1. The number of hydrogen-bond acceptors (Lipinski definition) is 3. The summed E-state index contributed by atoms with van der Waals surface area (Å²) >= 11 is 0. The van der Waals surface area contributed by atoms with Gasteiger partial charge in [0.1, 0.15) is 7.85 Å². The molecule has 5 N–H and O–H groups in total. The van der Waals surface area contributed by atoms with E-state index < -0.39 is 5.60 Å². The monoisotopic (exact) mass is 262 g/mol. The molecule has 0 amide bonds. The minimum absolute atomic E-state index is 0.275. The molecule has 106 valence electrons. The first-order chi connectivity index (χ1) is 8.80. The van der Waals surface area contributed by atoms with Gasteiger partial charge in [-0.3, -0.25) is 0 Å². The van der Waals surface area contributed by atoms with E-state index in [9.17, 15) is 5.11 Å². The van der Waals surface area contributed by atoms with Crippen molar-refractivity contribution in [3.05, 3.63) is 28.8 Å². The van der Waals surface area contributed by atoms with Gasteiger partial charge in [-0.2, -0.15) is 0 Å². The fraction of sp³-hybridized carbons (Fsp3) is 0.600. The van der Waals surface area contributed by atoms with Gasteiger partial charge in [-0.25, -0.2) is 0 Å². The first-order valence-electron chi connectivity index (χ1n) is 7.12. The molecule has 19 heavy (non-hydrogen) atoms. The summed E-state index contributed by atoms with van der Waals surface area (Å²) in [5.41, 5.74) is 15.9. The van der Waals surface area contributed by atoms with Crippen LogP contribution in [0, 0.1) is 0 Å². The van der Waals surface area contributed by atoms with Gasteiger partial charge in [0.2, 0.25) is 0 Å². The Balaban J connectivity index is 3.08. The molecule has 0 aliphatic carbocycles. The van der Waals surface area contributed by atoms with Gasteiger partial charge in [-0.15, -0.1) is 0 Å². The molecule has 0 fully saturated rings. The molecule has 0 aliphatic heterocycles. The number of aryl methyl sites for hydroxylation is 2. The molecule has 0 saturated heterocycles. The Hall–Kier alpha value is -0.995. The maximum absolute atomic E-state index is 9.83. The van der Waals surface area contributed by atoms with Crippen LogP contribution in [-0.2, 0) is 12.8 Å². The summed E-state index contributed by atoms with van der Waals surface area (Å²) in [4.78, 5) is 0. The average molecular weight is 262 g/mol. The van der Waals surface area contributed by atoms with E-state index in [1.165, 1.54) is 11.1 Å². The molecule has 1 aromatic carbocycles. The van der Waals surface area contributed by atoms with Crippen LogP contribution in [-0.4, -0.2) is 25.1 Å². The Morgan fingerprint density at radius 2 is 1.89 bits per heavy atom. The SMILES string of the molecule is BC(CN)c1c(CC)ccc(CCC(C)(C)O)c1N. The Labute approximate surface area is 117 Å². The Morgan fingerprint density at radius 1 is 1.32 bits per heavy atom. The fourth-order valence-corrected chi connectivity index (χ4v) is 2.39. The molecule has 0 aliphatic rings. The maximum Gasteiger partial charge on any atom is 0.112 e. The molecule has 0 radical (unpaired) electrons. The average Bonchev–Trinajstić information content (AvgIpc) is 2.34. The number of benzene rings is 1. The zero-order valence-corrected chi connectivity index (χ0v) is 12.7. The number of aliphatic hydroxyl groups is 1. The largest absolute Gasteiger partial charge is 0.398 e. The highest BCUT2D eigenvalue weighted by molar-refractivity contribution is 6.13. The highest BCUT2D eigenvalue weighted by Gasteiger charge is 2.17. The third kappa shape index (κ3) is 4.25. The summed E-state index contributed by atoms with van der Waals surface area (Å²) in [7, 11) is 2.12. The molecule has 1 aromatic rings. The van der Waals surface area contributed by atoms with Gasteiger partial charge in [-0.05, 0) is 62.2 Å². The van der Waals surface area contributed by atoms with Gasteiger partial charge in [0.25, 0.3) is 0 Å². The van der Waals surface area contributed by atoms with E-state index in [0.29, 0.717) is 13.0 Å². The second-order valence-corrected chi connectivity index (χ2v) is 6.01. The lowest BCUT2D eigenvalue weighted by Crippen LogP contribution is -2.20. The maximum atomic E-state index is 9.83. The fourth-order valence-electron chi connectivity index (χ4n) is 2.39. The number of hydrogen-bond donors (Lipinski definition) is 3. The molecule has 1 rings (SSSR count). The van der Waals surface area contributed by atoms with Crippen molar-refractivity contribution in [1.29, 1.82) is 0 Å². The van der Waals surface area contributed by atoms with Crippen molar-refractivity contribution in [2.45, 2.75) is 51.5 Å². The van der Waals surface area contributed by atoms with Crippen LogP contribution in [0.25, 0.3) is 0 Å². The lowest BCUT2D eigenvalue weighted by molar-refractivity contribution is 0.0714. The van der Waals surface area contributed by atoms with Crippen LogP contribution in [0.2, 0.25) is 0 Å². The molecule has 0 aromatic heterocycles. The Morgan fingerprint density at radius 3 is 2.37 bits per heavy atom. The molecular weight excluding hydrogens is 235 g/mol. The van der Waals surface area contributed by atoms with Crippen LogP contribution >= 0.6 is 0 Å². The number of rotatable bonds is 6. The summed E-state index contributed by atoms with van der Waals surface area (Å²) in [6, 6.07) is 4.24. The van der Waals surface area contributed by atoms with E-state index in [0.717, 1.165) is 24.1 Å². The van der Waals surface area contributed by atoms with Crippen LogP contribution in [0.3, 0.4) is 0 Å². The van der Waals surface area contributed by atoms with Gasteiger partial charge in [-0.1, -0.05) is 19.1 Å². The molecule has 3 nitrogen and oxygen atoms in total. The van der Waals surface area contributed by atoms with E-state index in [4.69, 9.17) is 11.5 Å². The zero-order valence-electron chi connectivity index (χ0n) is 12.7. The van der Waals surface area contributed by atoms with Crippen molar-refractivity contribution >= 4 is 13.5 Å². The van der Waals surface area contributed by atoms with Gasteiger partial charge in [0.15, 0.2) is 0 Å². The van der Waals surface area contributed by atoms with Gasteiger partial charge in [0, 0.05) is 5.69 Å². The highest BCUT2D eigenvalue weighted by Crippen LogP contribution is 2.29. The van der Waals surface area contributed by atoms with E-state index in [2.05, 4.69) is 26.9 Å². The first kappa shape index (κ1) is 16.1. The summed E-state index contributed by atoms with van der Waals surface area (Å²) in [5, 5.41) is 9.83. The lowest BCUT2D eigenvalue weighted by atomic mass is 9.76. The van der Waals surface area contributed by atoms with E-state index in [-0.39, 0.29) is 5.82 Å². The van der Waals surface area contributed by atoms with Crippen molar-refractivity contribution in [3.63, 3.8) is 0 Å². The van der Waals surface area contributed by atoms with Gasteiger partial charge in [0.05, 0.1) is 5.60 Å². The van der Waals surface area contributed by atoms with Crippen LogP contribution in [0.1, 0.15) is 49.7 Å². The summed E-state index contributed by atoms with van der Waals surface area (Å²) in [6.07, 6.45) is 2.47. The first-order valence-corrected chi connectivity index (χ1v) is 7.12. The summed E-state index contributed by atoms with van der Waals surface area (Å²) in [6.45, 7) is 6.39. The van der Waals surface area contributed by atoms with Crippen LogP contribution in [0.15, 0.2) is 12.1 Å². The molecule has 0 saturated carbocycles. The van der Waals surface area contributed by atoms with Crippen LogP contribution < -0.4 is 11.5 Å². The number of nitrogen functional groups attached to an aromatic ring is 1. The van der Waals surface area contributed by atoms with Crippen molar-refractivity contribution in [2.75, 3.05) is 12.3 Å². The smallest absolute Gasteiger partial charge is 0.112 e. The molecule has 1 unspecified atom stereocenters. The molecule has 4 heteroatoms. The predicted octanol–water partition coefficient (Wildman–Crippen LogP) is 1.17. The quantitative estimate of drug-likeness (QED) is 0.532. The van der Waals surface area contributed by atoms with Crippen molar-refractivity contribution in [1.82, 2.24) is 0 Å². The van der Waals surface area contributed by atoms with E-state index >= 15 is 0 Å². The minimum atomic E-state index is -0.657. The normalized spacial score (nSPS) is 13.5. The second kappa shape index (κ2) is 6.44. The van der Waals surface area contributed by atoms with Crippen molar-refractivity contribution in [2.24, 2.45) is 5.73 Å². The highest BCUT2D eigenvalue weighted by atomic mass is 16.3. The Kier molecular flexibility index (Phi) is 5.44. The van der Waals surface area contributed by atoms with Crippen LogP contribution in [0.5, 0.6) is 0 Å². The molecular formula is C15H27BN2O. The predicted molar refractivity (Wildman–Crippen MR) is 85.2 cm³/mol. The van der Waals surface area contributed by atoms with E-state index in [1.807, 2.05) is 13.8 Å². The van der Waals surface area contributed by atoms with E-state index in [1.54, 1.807) is 0 Å². The minimum Gasteiger partial charge on any atom is -0.398 e. The third-order valence-electron chi connectivity index (χ3n) is 3.70. The second-order valence-electron chi connectivity index (χ2n) is 6.01. The topological polar surface area (TPSA) is 72.3 Å².